The van der Waals surface area contributed by atoms with E-state index in [0.29, 0.717) is 24.1 Å². The van der Waals surface area contributed by atoms with Gasteiger partial charge in [0.05, 0.1) is 16.8 Å². The summed E-state index contributed by atoms with van der Waals surface area (Å²) in [5.41, 5.74) is 11.6. The first-order valence-electron chi connectivity index (χ1n) is 11.4. The Labute approximate surface area is 190 Å². The molecular formula is C27H33N3O2. The van der Waals surface area contributed by atoms with Crippen molar-refractivity contribution in [1.82, 2.24) is 5.32 Å². The molecule has 0 bridgehead atoms. The lowest BCUT2D eigenvalue weighted by Crippen LogP contribution is -2.35. The smallest absolute Gasteiger partial charge is 0.250 e. The van der Waals surface area contributed by atoms with E-state index in [1.54, 1.807) is 6.07 Å². The van der Waals surface area contributed by atoms with Gasteiger partial charge in [-0.25, -0.2) is 0 Å². The predicted molar refractivity (Wildman–Crippen MR) is 129 cm³/mol. The number of anilines is 2. The summed E-state index contributed by atoms with van der Waals surface area (Å²) in [6, 6.07) is 13.9. The summed E-state index contributed by atoms with van der Waals surface area (Å²) in [6.07, 6.45) is 4.09. The Hall–Kier alpha value is -3.08. The minimum Gasteiger partial charge on any atom is -0.378 e. The molecule has 0 fully saturated rings. The molecule has 2 aromatic carbocycles. The second-order valence-corrected chi connectivity index (χ2v) is 10.2. The maximum absolute atomic E-state index is 12.8. The molecule has 1 amide bonds. The molecule has 32 heavy (non-hydrogen) atoms. The van der Waals surface area contributed by atoms with Gasteiger partial charge in [-0.2, -0.15) is 0 Å². The van der Waals surface area contributed by atoms with Gasteiger partial charge in [-0.3, -0.25) is 9.59 Å². The summed E-state index contributed by atoms with van der Waals surface area (Å²) >= 11 is 0. The zero-order valence-corrected chi connectivity index (χ0v) is 19.5. The number of hydrogen-bond donors (Lipinski definition) is 3. The van der Waals surface area contributed by atoms with Gasteiger partial charge in [0.2, 0.25) is 0 Å². The van der Waals surface area contributed by atoms with E-state index in [9.17, 15) is 9.59 Å². The molecule has 1 heterocycles. The van der Waals surface area contributed by atoms with Crippen LogP contribution in [0.2, 0.25) is 0 Å². The monoisotopic (exact) mass is 431 g/mol. The first-order valence-corrected chi connectivity index (χ1v) is 11.4. The van der Waals surface area contributed by atoms with E-state index in [4.69, 9.17) is 5.73 Å². The first kappa shape index (κ1) is 22.1. The van der Waals surface area contributed by atoms with Crippen LogP contribution in [0.3, 0.4) is 0 Å². The number of nitrogens with one attached hydrogen (secondary N) is 2. The summed E-state index contributed by atoms with van der Waals surface area (Å²) in [7, 11) is 0. The van der Waals surface area contributed by atoms with E-state index < -0.39 is 11.4 Å². The third kappa shape index (κ3) is 4.16. The number of hydrogen-bond acceptors (Lipinski definition) is 4. The maximum Gasteiger partial charge on any atom is 0.250 e. The minimum atomic E-state index is -0.467. The van der Waals surface area contributed by atoms with Crippen LogP contribution < -0.4 is 16.4 Å². The van der Waals surface area contributed by atoms with Gasteiger partial charge in [0.1, 0.15) is 0 Å². The highest BCUT2D eigenvalue weighted by atomic mass is 16.1. The number of amides is 1. The highest BCUT2D eigenvalue weighted by Crippen LogP contribution is 2.46. The predicted octanol–water partition coefficient (Wildman–Crippen LogP) is 5.33. The van der Waals surface area contributed by atoms with Crippen molar-refractivity contribution >= 4 is 23.1 Å². The van der Waals surface area contributed by atoms with Crippen molar-refractivity contribution in [3.63, 3.8) is 0 Å². The van der Waals surface area contributed by atoms with E-state index in [-0.39, 0.29) is 11.2 Å². The number of allylic oxidation sites excluding steroid dienone is 1. The molecule has 168 valence electrons. The molecular weight excluding hydrogens is 398 g/mol. The van der Waals surface area contributed by atoms with Crippen molar-refractivity contribution < 1.29 is 9.59 Å². The summed E-state index contributed by atoms with van der Waals surface area (Å²) < 4.78 is 0. The molecule has 0 saturated carbocycles. The molecule has 1 atom stereocenters. The van der Waals surface area contributed by atoms with Crippen LogP contribution in [-0.2, 0) is 16.8 Å². The summed E-state index contributed by atoms with van der Waals surface area (Å²) in [4.78, 5) is 25.0. The van der Waals surface area contributed by atoms with Crippen molar-refractivity contribution in [3.05, 3.63) is 70.4 Å². The standard InChI is InChI=1S/C27H33N3O2/c1-5-8-17-9-6-7-10-21(17)29-22-13-18(11-12-19(22)25(28)32)27(4)14-20-23(30-27)15-26(2,3)16-24(20)31/h6-7,9-13,29-30H,5,8,14-16H2,1-4H3,(H2,28,32). The number of carbonyl (C=O) groups excluding carboxylic acids is 2. The van der Waals surface area contributed by atoms with Crippen LogP contribution in [0.4, 0.5) is 11.4 Å². The molecule has 2 aliphatic rings. The SMILES string of the molecule is CCCc1ccccc1Nc1cc(C2(C)CC3=C(CC(C)(C)CC3=O)N2)ccc1C(N)=O. The van der Waals surface area contributed by atoms with Gasteiger partial charge < -0.3 is 16.4 Å². The first-order chi connectivity index (χ1) is 15.1. The van der Waals surface area contributed by atoms with Gasteiger partial charge in [-0.05, 0) is 54.5 Å². The molecule has 1 aliphatic carbocycles. The Morgan fingerprint density at radius 2 is 1.81 bits per heavy atom. The van der Waals surface area contributed by atoms with Crippen LogP contribution in [0.25, 0.3) is 0 Å². The Bertz CT molecular complexity index is 1120. The normalized spacial score (nSPS) is 21.8. The summed E-state index contributed by atoms with van der Waals surface area (Å²) in [6.45, 7) is 8.56. The highest BCUT2D eigenvalue weighted by molar-refractivity contribution is 6.00. The number of primary amides is 1. The molecule has 0 aromatic heterocycles. The molecule has 4 rings (SSSR count). The molecule has 5 heteroatoms. The third-order valence-corrected chi connectivity index (χ3v) is 6.68. The van der Waals surface area contributed by atoms with Crippen molar-refractivity contribution in [1.29, 1.82) is 0 Å². The van der Waals surface area contributed by atoms with E-state index >= 15 is 0 Å². The van der Waals surface area contributed by atoms with Gasteiger partial charge >= 0.3 is 0 Å². The topological polar surface area (TPSA) is 84.2 Å². The Morgan fingerprint density at radius 3 is 2.53 bits per heavy atom. The zero-order chi connectivity index (χ0) is 23.1. The lowest BCUT2D eigenvalue weighted by atomic mass is 9.75. The van der Waals surface area contributed by atoms with Gasteiger partial charge in [-0.1, -0.05) is 51.5 Å². The molecule has 5 nitrogen and oxygen atoms in total. The van der Waals surface area contributed by atoms with Crippen LogP contribution in [0.5, 0.6) is 0 Å². The van der Waals surface area contributed by atoms with Crippen LogP contribution in [0.1, 0.15) is 74.9 Å². The molecule has 1 aliphatic heterocycles. The molecule has 1 unspecified atom stereocenters. The molecule has 0 spiro atoms. The number of benzene rings is 2. The maximum atomic E-state index is 12.8. The fourth-order valence-electron chi connectivity index (χ4n) is 5.07. The Kier molecular flexibility index (Phi) is 5.61. The largest absolute Gasteiger partial charge is 0.378 e. The second-order valence-electron chi connectivity index (χ2n) is 10.2. The summed E-state index contributed by atoms with van der Waals surface area (Å²) in [5.74, 6) is -0.223. The number of para-hydroxylation sites is 1. The van der Waals surface area contributed by atoms with Crippen LogP contribution in [0.15, 0.2) is 53.7 Å². The number of rotatable bonds is 6. The quantitative estimate of drug-likeness (QED) is 0.577. The van der Waals surface area contributed by atoms with E-state index in [1.807, 2.05) is 30.3 Å². The van der Waals surface area contributed by atoms with Gasteiger partial charge in [0.25, 0.3) is 5.91 Å². The molecule has 4 N–H and O–H groups in total. The highest BCUT2D eigenvalue weighted by Gasteiger charge is 2.43. The zero-order valence-electron chi connectivity index (χ0n) is 19.5. The number of carbonyl (C=O) groups is 2. The van der Waals surface area contributed by atoms with Crippen molar-refractivity contribution in [3.8, 4) is 0 Å². The fourth-order valence-corrected chi connectivity index (χ4v) is 5.07. The molecule has 2 aromatic rings. The third-order valence-electron chi connectivity index (χ3n) is 6.68. The van der Waals surface area contributed by atoms with E-state index in [0.717, 1.165) is 41.8 Å². The van der Waals surface area contributed by atoms with Gasteiger partial charge in [-0.15, -0.1) is 0 Å². The van der Waals surface area contributed by atoms with Crippen molar-refractivity contribution in [2.75, 3.05) is 5.32 Å². The Morgan fingerprint density at radius 1 is 1.06 bits per heavy atom. The second kappa shape index (κ2) is 8.12. The lowest BCUT2D eigenvalue weighted by Gasteiger charge is -2.31. The van der Waals surface area contributed by atoms with Crippen LogP contribution in [-0.4, -0.2) is 11.7 Å². The average molecular weight is 432 g/mol. The fraction of sp³-hybridized carbons (Fsp3) is 0.407. The molecule has 0 saturated heterocycles. The van der Waals surface area contributed by atoms with Crippen molar-refractivity contribution in [2.45, 2.75) is 65.3 Å². The Balaban J connectivity index is 1.69. The number of ketones is 1. The average Bonchev–Trinajstić information content (AvgIpc) is 3.06. The summed E-state index contributed by atoms with van der Waals surface area (Å²) in [5, 5.41) is 7.12. The van der Waals surface area contributed by atoms with Gasteiger partial charge in [0.15, 0.2) is 5.78 Å². The van der Waals surface area contributed by atoms with E-state index in [1.165, 1.54) is 5.56 Å². The minimum absolute atomic E-state index is 0.0281. The molecule has 0 radical (unpaired) electrons. The van der Waals surface area contributed by atoms with E-state index in [2.05, 4.69) is 44.4 Å². The number of nitrogens with two attached hydrogens (primary N) is 1. The lowest BCUT2D eigenvalue weighted by molar-refractivity contribution is -0.118. The number of aryl methyl sites for hydroxylation is 1. The van der Waals surface area contributed by atoms with Gasteiger partial charge in [0, 0.05) is 29.8 Å². The van der Waals surface area contributed by atoms with Crippen molar-refractivity contribution in [2.24, 2.45) is 11.1 Å². The van der Waals surface area contributed by atoms with Crippen LogP contribution in [0, 0.1) is 5.41 Å². The van der Waals surface area contributed by atoms with Crippen LogP contribution >= 0.6 is 0 Å². The number of Topliss-reactive ketones (excluding diaryl/α,β-unsaturated/α-hetero) is 1.